The number of hydrogen-bond donors (Lipinski definition) is 3. The quantitative estimate of drug-likeness (QED) is 0.508. The standard InChI is InChI=1S/C22H26N6O3/c29-20(30)13-18(16-3-1-9-24-14-16)25-22(31)17-4-2-12-28-19(26-27-21(17)28)6-5-15-7-10-23-11-8-15/h1-4,9,12,14-15,18,23H,5-8,10-11,13H2,(H,25,31)(H,29,30)/t18-/m0/s1. The maximum absolute atomic E-state index is 13.0. The number of carboxylic acid groups (broad SMARTS) is 1. The predicted octanol–water partition coefficient (Wildman–Crippen LogP) is 2.00. The first-order valence-electron chi connectivity index (χ1n) is 10.6. The molecule has 1 atom stereocenters. The Hall–Kier alpha value is -3.33. The molecule has 0 aliphatic carbocycles. The van der Waals surface area contributed by atoms with E-state index in [2.05, 4.69) is 25.8 Å². The Morgan fingerprint density at radius 2 is 2.06 bits per heavy atom. The van der Waals surface area contributed by atoms with E-state index in [0.717, 1.165) is 31.8 Å². The maximum atomic E-state index is 13.0. The van der Waals surface area contributed by atoms with Crippen molar-refractivity contribution in [2.24, 2.45) is 5.92 Å². The van der Waals surface area contributed by atoms with Gasteiger partial charge in [0.2, 0.25) is 0 Å². The fourth-order valence-corrected chi connectivity index (χ4v) is 4.06. The van der Waals surface area contributed by atoms with Gasteiger partial charge in [-0.15, -0.1) is 10.2 Å². The zero-order valence-corrected chi connectivity index (χ0v) is 17.2. The highest BCUT2D eigenvalue weighted by atomic mass is 16.4. The normalized spacial score (nSPS) is 15.6. The number of nitrogens with one attached hydrogen (secondary N) is 2. The van der Waals surface area contributed by atoms with Crippen molar-refractivity contribution in [1.82, 2.24) is 30.2 Å². The number of pyridine rings is 2. The maximum Gasteiger partial charge on any atom is 0.305 e. The van der Waals surface area contributed by atoms with E-state index in [1.807, 2.05) is 10.6 Å². The molecule has 0 aromatic carbocycles. The Morgan fingerprint density at radius 3 is 2.81 bits per heavy atom. The van der Waals surface area contributed by atoms with Gasteiger partial charge in [-0.1, -0.05) is 6.07 Å². The number of carbonyl (C=O) groups excluding carboxylic acids is 1. The summed E-state index contributed by atoms with van der Waals surface area (Å²) in [5, 5.41) is 24.0. The summed E-state index contributed by atoms with van der Waals surface area (Å²) in [5.41, 5.74) is 1.47. The molecule has 162 valence electrons. The highest BCUT2D eigenvalue weighted by molar-refractivity contribution is 6.00. The molecule has 4 rings (SSSR count). The lowest BCUT2D eigenvalue weighted by Gasteiger charge is -2.22. The first kappa shape index (κ1) is 20.9. The van der Waals surface area contributed by atoms with Gasteiger partial charge in [0.15, 0.2) is 5.65 Å². The highest BCUT2D eigenvalue weighted by Gasteiger charge is 2.22. The number of nitrogens with zero attached hydrogens (tertiary/aromatic N) is 4. The van der Waals surface area contributed by atoms with Crippen molar-refractivity contribution < 1.29 is 14.7 Å². The average molecular weight is 422 g/mol. The van der Waals surface area contributed by atoms with Crippen LogP contribution in [0.4, 0.5) is 0 Å². The van der Waals surface area contributed by atoms with Crippen LogP contribution in [0.2, 0.25) is 0 Å². The molecule has 1 aliphatic rings. The van der Waals surface area contributed by atoms with E-state index in [0.29, 0.717) is 22.7 Å². The van der Waals surface area contributed by atoms with Gasteiger partial charge in [0.05, 0.1) is 18.0 Å². The smallest absolute Gasteiger partial charge is 0.305 e. The summed E-state index contributed by atoms with van der Waals surface area (Å²) in [6, 6.07) is 6.23. The van der Waals surface area contributed by atoms with Gasteiger partial charge in [-0.3, -0.25) is 19.0 Å². The SMILES string of the molecule is O=C(O)C[C@H](NC(=O)c1cccn2c(CCC3CCNCC3)nnc12)c1cccnc1. The minimum Gasteiger partial charge on any atom is -0.481 e. The molecule has 0 saturated carbocycles. The van der Waals surface area contributed by atoms with Crippen molar-refractivity contribution in [2.45, 2.75) is 38.1 Å². The summed E-state index contributed by atoms with van der Waals surface area (Å²) in [7, 11) is 0. The van der Waals surface area contributed by atoms with Crippen molar-refractivity contribution in [3.05, 3.63) is 59.8 Å². The molecule has 1 fully saturated rings. The lowest BCUT2D eigenvalue weighted by Crippen LogP contribution is -2.30. The summed E-state index contributed by atoms with van der Waals surface area (Å²) in [6.07, 6.45) is 8.96. The molecule has 9 nitrogen and oxygen atoms in total. The number of aliphatic carboxylic acids is 1. The molecular formula is C22H26N6O3. The van der Waals surface area contributed by atoms with Gasteiger partial charge in [-0.05, 0) is 62.0 Å². The van der Waals surface area contributed by atoms with Crippen LogP contribution in [0.5, 0.6) is 0 Å². The molecule has 0 spiro atoms. The Labute approximate surface area is 179 Å². The topological polar surface area (TPSA) is 122 Å². The summed E-state index contributed by atoms with van der Waals surface area (Å²) in [4.78, 5) is 28.4. The molecule has 1 amide bonds. The number of aromatic nitrogens is 4. The largest absolute Gasteiger partial charge is 0.481 e. The van der Waals surface area contributed by atoms with Crippen LogP contribution in [0.3, 0.4) is 0 Å². The van der Waals surface area contributed by atoms with E-state index < -0.39 is 17.9 Å². The van der Waals surface area contributed by atoms with Gasteiger partial charge in [0.25, 0.3) is 5.91 Å². The second-order valence-corrected chi connectivity index (χ2v) is 7.87. The second kappa shape index (κ2) is 9.65. The molecule has 0 bridgehead atoms. The van der Waals surface area contributed by atoms with Gasteiger partial charge in [-0.2, -0.15) is 0 Å². The van der Waals surface area contributed by atoms with Crippen molar-refractivity contribution >= 4 is 17.5 Å². The number of hydrogen-bond acceptors (Lipinski definition) is 6. The average Bonchev–Trinajstić information content (AvgIpc) is 3.21. The Kier molecular flexibility index (Phi) is 6.51. The highest BCUT2D eigenvalue weighted by Crippen LogP contribution is 2.21. The van der Waals surface area contributed by atoms with Crippen LogP contribution in [-0.4, -0.2) is 49.7 Å². The van der Waals surface area contributed by atoms with Crippen molar-refractivity contribution in [3.63, 3.8) is 0 Å². The third-order valence-electron chi connectivity index (χ3n) is 5.76. The van der Waals surface area contributed by atoms with Crippen molar-refractivity contribution in [3.8, 4) is 0 Å². The van der Waals surface area contributed by atoms with Crippen LogP contribution in [0.25, 0.3) is 5.65 Å². The summed E-state index contributed by atoms with van der Waals surface area (Å²) in [5.74, 6) is 0.113. The minimum absolute atomic E-state index is 0.241. The fraction of sp³-hybridized carbons (Fsp3) is 0.409. The number of aryl methyl sites for hydroxylation is 1. The van der Waals surface area contributed by atoms with Crippen LogP contribution >= 0.6 is 0 Å². The van der Waals surface area contributed by atoms with E-state index in [1.54, 1.807) is 36.7 Å². The number of carbonyl (C=O) groups is 2. The molecule has 3 N–H and O–H groups in total. The molecule has 9 heteroatoms. The fourth-order valence-electron chi connectivity index (χ4n) is 4.06. The Balaban J connectivity index is 1.52. The van der Waals surface area contributed by atoms with Crippen LogP contribution < -0.4 is 10.6 Å². The minimum atomic E-state index is -1.00. The van der Waals surface area contributed by atoms with Crippen LogP contribution in [0.15, 0.2) is 42.9 Å². The molecular weight excluding hydrogens is 396 g/mol. The van der Waals surface area contributed by atoms with E-state index >= 15 is 0 Å². The lowest BCUT2D eigenvalue weighted by atomic mass is 9.93. The summed E-state index contributed by atoms with van der Waals surface area (Å²) < 4.78 is 1.85. The van der Waals surface area contributed by atoms with Crippen LogP contribution in [-0.2, 0) is 11.2 Å². The molecule has 4 heterocycles. The monoisotopic (exact) mass is 422 g/mol. The molecule has 31 heavy (non-hydrogen) atoms. The van der Waals surface area contributed by atoms with E-state index in [4.69, 9.17) is 0 Å². The zero-order chi connectivity index (χ0) is 21.6. The molecule has 0 radical (unpaired) electrons. The number of rotatable bonds is 8. The summed E-state index contributed by atoms with van der Waals surface area (Å²) in [6.45, 7) is 2.12. The Morgan fingerprint density at radius 1 is 1.23 bits per heavy atom. The number of fused-ring (bicyclic) bond motifs is 1. The van der Waals surface area contributed by atoms with E-state index in [1.165, 1.54) is 12.8 Å². The third-order valence-corrected chi connectivity index (χ3v) is 5.76. The van der Waals surface area contributed by atoms with Gasteiger partial charge >= 0.3 is 5.97 Å². The molecule has 0 unspecified atom stereocenters. The molecule has 1 aliphatic heterocycles. The molecule has 3 aromatic heterocycles. The second-order valence-electron chi connectivity index (χ2n) is 7.87. The van der Waals surface area contributed by atoms with Gasteiger partial charge in [0, 0.05) is 25.0 Å². The first-order valence-corrected chi connectivity index (χ1v) is 10.6. The van der Waals surface area contributed by atoms with Crippen molar-refractivity contribution in [2.75, 3.05) is 13.1 Å². The number of carboxylic acids is 1. The third kappa shape index (κ3) is 5.05. The van der Waals surface area contributed by atoms with Gasteiger partial charge < -0.3 is 15.7 Å². The lowest BCUT2D eigenvalue weighted by molar-refractivity contribution is -0.137. The van der Waals surface area contributed by atoms with Gasteiger partial charge in [0.1, 0.15) is 5.82 Å². The zero-order valence-electron chi connectivity index (χ0n) is 17.2. The summed E-state index contributed by atoms with van der Waals surface area (Å²) >= 11 is 0. The molecule has 1 saturated heterocycles. The first-order chi connectivity index (χ1) is 15.1. The van der Waals surface area contributed by atoms with Crippen LogP contribution in [0, 0.1) is 5.92 Å². The van der Waals surface area contributed by atoms with Crippen LogP contribution in [0.1, 0.15) is 53.5 Å². The van der Waals surface area contributed by atoms with E-state index in [-0.39, 0.29) is 6.42 Å². The predicted molar refractivity (Wildman–Crippen MR) is 114 cm³/mol. The van der Waals surface area contributed by atoms with Crippen molar-refractivity contribution in [1.29, 1.82) is 0 Å². The Bertz CT molecular complexity index is 1050. The number of amides is 1. The van der Waals surface area contributed by atoms with E-state index in [9.17, 15) is 14.7 Å². The number of piperidine rings is 1. The molecule has 3 aromatic rings. The van der Waals surface area contributed by atoms with Gasteiger partial charge in [-0.25, -0.2) is 0 Å².